The van der Waals surface area contributed by atoms with E-state index < -0.39 is 23.3 Å². The number of rotatable bonds is 6. The Bertz CT molecular complexity index is 1290. The Kier molecular flexibility index (Phi) is 7.68. The zero-order chi connectivity index (χ0) is 24.9. The van der Waals surface area contributed by atoms with E-state index in [0.29, 0.717) is 26.2 Å². The van der Waals surface area contributed by atoms with Gasteiger partial charge in [-0.3, -0.25) is 9.00 Å². The normalized spacial score (nSPS) is 16.0. The molecule has 8 nitrogen and oxygen atoms in total. The van der Waals surface area contributed by atoms with Gasteiger partial charge in [-0.25, -0.2) is 5.01 Å². The van der Waals surface area contributed by atoms with E-state index in [2.05, 4.69) is 16.7 Å². The zero-order valence-corrected chi connectivity index (χ0v) is 20.2. The first-order valence-electron chi connectivity index (χ1n) is 11.3. The first kappa shape index (κ1) is 24.7. The van der Waals surface area contributed by atoms with Gasteiger partial charge in [0.05, 0.1) is 6.42 Å². The fourth-order valence-electron chi connectivity index (χ4n) is 4.28. The smallest absolute Gasteiger partial charge is 0.305 e. The van der Waals surface area contributed by atoms with Gasteiger partial charge in [0.15, 0.2) is 0 Å². The Morgan fingerprint density at radius 1 is 1.09 bits per heavy atom. The summed E-state index contributed by atoms with van der Waals surface area (Å²) in [6.45, 7) is 3.80. The Morgan fingerprint density at radius 2 is 1.74 bits per heavy atom. The maximum Gasteiger partial charge on any atom is 0.305 e. The molecule has 2 unspecified atom stereocenters. The molecule has 0 saturated carbocycles. The number of nitrogens with two attached hydrogens (primary N) is 1. The molecule has 0 radical (unpaired) electrons. The molecular formula is C26H27N4O4S-. The van der Waals surface area contributed by atoms with Crippen molar-refractivity contribution in [3.63, 3.8) is 0 Å². The summed E-state index contributed by atoms with van der Waals surface area (Å²) < 4.78 is 24.6. The summed E-state index contributed by atoms with van der Waals surface area (Å²) in [5.41, 5.74) is 9.63. The molecular weight excluding hydrogens is 464 g/mol. The van der Waals surface area contributed by atoms with Gasteiger partial charge in [0.25, 0.3) is 0 Å². The molecule has 0 amide bonds. The molecule has 2 atom stereocenters. The molecule has 3 aromatic rings. The van der Waals surface area contributed by atoms with Crippen LogP contribution in [0.25, 0.3) is 10.8 Å². The van der Waals surface area contributed by atoms with Crippen LogP contribution in [0.4, 0.5) is 11.4 Å². The van der Waals surface area contributed by atoms with Crippen molar-refractivity contribution < 1.29 is 18.7 Å². The molecule has 0 spiro atoms. The van der Waals surface area contributed by atoms with E-state index in [1.54, 1.807) is 11.9 Å². The summed E-state index contributed by atoms with van der Waals surface area (Å²) in [6, 6.07) is 19.2. The molecule has 1 heterocycles. The van der Waals surface area contributed by atoms with Gasteiger partial charge in [0, 0.05) is 71.4 Å². The van der Waals surface area contributed by atoms with Crippen molar-refractivity contribution in [2.24, 2.45) is 0 Å². The van der Waals surface area contributed by atoms with Crippen molar-refractivity contribution in [2.45, 2.75) is 19.4 Å². The second-order valence-corrected chi connectivity index (χ2v) is 9.30. The molecule has 1 aliphatic heterocycles. The van der Waals surface area contributed by atoms with E-state index in [1.807, 2.05) is 60.7 Å². The van der Waals surface area contributed by atoms with Gasteiger partial charge in [0.2, 0.25) is 0 Å². The van der Waals surface area contributed by atoms with Crippen LogP contribution < -0.4 is 10.6 Å². The number of piperazine rings is 1. The maximum atomic E-state index is 11.7. The van der Waals surface area contributed by atoms with Crippen molar-refractivity contribution in [3.05, 3.63) is 71.8 Å². The van der Waals surface area contributed by atoms with Crippen molar-refractivity contribution in [1.82, 2.24) is 9.42 Å². The summed E-state index contributed by atoms with van der Waals surface area (Å²) in [7, 11) is 0. The van der Waals surface area contributed by atoms with E-state index in [1.165, 1.54) is 0 Å². The van der Waals surface area contributed by atoms with Crippen LogP contribution in [0.5, 0.6) is 0 Å². The van der Waals surface area contributed by atoms with Crippen LogP contribution in [0.1, 0.15) is 24.5 Å². The van der Waals surface area contributed by atoms with Crippen LogP contribution in [0.3, 0.4) is 0 Å². The summed E-state index contributed by atoms with van der Waals surface area (Å²) in [5, 5.41) is 12.8. The van der Waals surface area contributed by atoms with Gasteiger partial charge < -0.3 is 20.3 Å². The topological polar surface area (TPSA) is 113 Å². The van der Waals surface area contributed by atoms with Crippen LogP contribution in [0, 0.1) is 11.8 Å². The van der Waals surface area contributed by atoms with E-state index in [9.17, 15) is 13.6 Å². The van der Waals surface area contributed by atoms with Crippen LogP contribution in [-0.4, -0.2) is 61.5 Å². The second kappa shape index (κ2) is 10.9. The minimum atomic E-state index is -2.53. The Labute approximate surface area is 207 Å². The third kappa shape index (κ3) is 5.99. The average Bonchev–Trinajstić information content (AvgIpc) is 2.83. The zero-order valence-electron chi connectivity index (χ0n) is 19.4. The highest BCUT2D eigenvalue weighted by atomic mass is 32.2. The Morgan fingerprint density at radius 3 is 2.40 bits per heavy atom. The molecule has 1 aliphatic rings. The number of hydrogen-bond donors (Lipinski definition) is 2. The van der Waals surface area contributed by atoms with E-state index in [4.69, 9.17) is 10.8 Å². The molecule has 0 aliphatic carbocycles. The number of benzene rings is 3. The van der Waals surface area contributed by atoms with Gasteiger partial charge >= 0.3 is 5.97 Å². The monoisotopic (exact) mass is 491 g/mol. The van der Waals surface area contributed by atoms with Crippen molar-refractivity contribution >= 4 is 39.4 Å². The number of aliphatic carboxylic acids is 1. The molecule has 3 aromatic carbocycles. The van der Waals surface area contributed by atoms with Crippen LogP contribution in [0.2, 0.25) is 0 Å². The lowest BCUT2D eigenvalue weighted by Gasteiger charge is -2.44. The number of fused-ring (bicyclic) bond motifs is 1. The summed E-state index contributed by atoms with van der Waals surface area (Å²) in [6.07, 6.45) is -0.247. The third-order valence-corrected chi connectivity index (χ3v) is 6.93. The predicted molar refractivity (Wildman–Crippen MR) is 137 cm³/mol. The highest BCUT2D eigenvalue weighted by molar-refractivity contribution is 7.76. The molecule has 4 rings (SSSR count). The summed E-state index contributed by atoms with van der Waals surface area (Å²) in [5.74, 6) is 5.37. The molecule has 9 heteroatoms. The number of nitrogen functional groups attached to an aromatic ring is 1. The Balaban J connectivity index is 1.39. The number of anilines is 2. The van der Waals surface area contributed by atoms with Crippen molar-refractivity contribution in [3.8, 4) is 11.8 Å². The highest BCUT2D eigenvalue weighted by Crippen LogP contribution is 2.22. The number of nitrogens with zero attached hydrogens (tertiary/aromatic N) is 3. The van der Waals surface area contributed by atoms with E-state index >= 15 is 0 Å². The molecule has 3 N–H and O–H groups in total. The lowest BCUT2D eigenvalue weighted by molar-refractivity contribution is -0.139. The molecule has 182 valence electrons. The summed E-state index contributed by atoms with van der Waals surface area (Å²) >= 11 is -2.53. The highest BCUT2D eigenvalue weighted by Gasteiger charge is 2.27. The molecule has 0 aromatic heterocycles. The molecule has 35 heavy (non-hydrogen) atoms. The first-order valence-corrected chi connectivity index (χ1v) is 12.4. The number of carbonyl (C=O) groups is 1. The lowest BCUT2D eigenvalue weighted by atomic mass is 10.1. The third-order valence-electron chi connectivity index (χ3n) is 6.03. The van der Waals surface area contributed by atoms with Gasteiger partial charge in [-0.05, 0) is 54.8 Å². The van der Waals surface area contributed by atoms with Crippen molar-refractivity contribution in [1.29, 1.82) is 0 Å². The van der Waals surface area contributed by atoms with E-state index in [-0.39, 0.29) is 6.42 Å². The van der Waals surface area contributed by atoms with Gasteiger partial charge in [-0.1, -0.05) is 30.0 Å². The standard InChI is InChI=1S/C26H28N4O4S/c1-19(17-26(31)32)30(35(33)34)29-15-13-28(14-16-29)23-11-8-20(9-12-23)5-6-21-7-10-22-3-2-4-25(27)24(22)18-21/h2-4,7-12,18-19H,13-17,27H2,1H3,(H,31,32)(H,33,34)/p-1. The van der Waals surface area contributed by atoms with Gasteiger partial charge in [0.1, 0.15) is 0 Å². The Hall–Kier alpha value is -3.42. The summed E-state index contributed by atoms with van der Waals surface area (Å²) in [4.78, 5) is 13.2. The number of carboxylic acids is 1. The predicted octanol–water partition coefficient (Wildman–Crippen LogP) is 2.82. The second-order valence-electron chi connectivity index (χ2n) is 8.49. The molecule has 0 bridgehead atoms. The number of hydrazine groups is 1. The van der Waals surface area contributed by atoms with Crippen LogP contribution in [-0.2, 0) is 16.1 Å². The fourth-order valence-corrected chi connectivity index (χ4v) is 5.00. The van der Waals surface area contributed by atoms with Gasteiger partial charge in [-0.2, -0.15) is 4.41 Å². The number of hydrogen-bond acceptors (Lipinski definition) is 6. The largest absolute Gasteiger partial charge is 0.759 e. The minimum Gasteiger partial charge on any atom is -0.759 e. The molecule has 1 saturated heterocycles. The van der Waals surface area contributed by atoms with Crippen LogP contribution >= 0.6 is 0 Å². The number of carboxylic acid groups (broad SMARTS) is 1. The van der Waals surface area contributed by atoms with Crippen molar-refractivity contribution in [2.75, 3.05) is 36.8 Å². The quantitative estimate of drug-likeness (QED) is 0.310. The minimum absolute atomic E-state index is 0.247. The first-order chi connectivity index (χ1) is 16.8. The van der Waals surface area contributed by atoms with E-state index in [0.717, 1.165) is 37.7 Å². The van der Waals surface area contributed by atoms with Crippen LogP contribution in [0.15, 0.2) is 60.7 Å². The average molecular weight is 492 g/mol. The molecule has 1 fully saturated rings. The fraction of sp³-hybridized carbons (Fsp3) is 0.269. The SMILES string of the molecule is CC(CC(=O)O)N(N1CCN(c2ccc(C#Cc3ccc4cccc(N)c4c3)cc2)CC1)S(=O)[O-]. The maximum absolute atomic E-state index is 11.7. The lowest BCUT2D eigenvalue weighted by Crippen LogP contribution is -2.57. The van der Waals surface area contributed by atoms with Gasteiger partial charge in [-0.15, -0.1) is 0 Å².